The molecule has 2 aromatic heterocycles. The van der Waals surface area contributed by atoms with Gasteiger partial charge in [0.2, 0.25) is 0 Å². The summed E-state index contributed by atoms with van der Waals surface area (Å²) in [7, 11) is -4.04. The van der Waals surface area contributed by atoms with Crippen molar-refractivity contribution in [3.05, 3.63) is 84.8 Å². The summed E-state index contributed by atoms with van der Waals surface area (Å²) in [4.78, 5) is 7.56. The number of hydrogen-bond acceptors (Lipinski definition) is 7. The minimum Gasteiger partial charge on any atom is -0.456 e. The van der Waals surface area contributed by atoms with Gasteiger partial charge in [0.25, 0.3) is 10.0 Å². The van der Waals surface area contributed by atoms with Crippen molar-refractivity contribution in [3.63, 3.8) is 0 Å². The molecular weight excluding hydrogens is 423 g/mol. The van der Waals surface area contributed by atoms with Gasteiger partial charge < -0.3 is 9.15 Å². The lowest BCUT2D eigenvalue weighted by Gasteiger charge is -2.11. The summed E-state index contributed by atoms with van der Waals surface area (Å²) in [6.45, 7) is 0. The van der Waals surface area contributed by atoms with E-state index in [9.17, 15) is 18.1 Å². The highest BCUT2D eigenvalue weighted by Crippen LogP contribution is 2.29. The molecule has 4 rings (SSSR count). The van der Waals surface area contributed by atoms with Gasteiger partial charge in [-0.05, 0) is 54.6 Å². The lowest BCUT2D eigenvalue weighted by molar-refractivity contribution is 0.480. The van der Waals surface area contributed by atoms with Gasteiger partial charge >= 0.3 is 0 Å². The lowest BCUT2D eigenvalue weighted by atomic mass is 10.1. The molecule has 0 aliphatic heterocycles. The van der Waals surface area contributed by atoms with Gasteiger partial charge in [0.05, 0.1) is 16.7 Å². The summed E-state index contributed by atoms with van der Waals surface area (Å²) >= 11 is 0. The van der Waals surface area contributed by atoms with Crippen molar-refractivity contribution < 1.29 is 22.0 Å². The van der Waals surface area contributed by atoms with E-state index in [-0.39, 0.29) is 22.0 Å². The molecule has 0 saturated carbocycles. The maximum absolute atomic E-state index is 13.0. The highest BCUT2D eigenvalue weighted by atomic mass is 32.2. The molecule has 4 aromatic rings. The Balaban J connectivity index is 1.55. The monoisotopic (exact) mass is 436 g/mol. The number of oxazole rings is 1. The van der Waals surface area contributed by atoms with Crippen LogP contribution in [0.1, 0.15) is 5.56 Å². The molecule has 10 heteroatoms. The molecule has 0 aliphatic rings. The number of halogens is 1. The normalized spacial score (nSPS) is 11.0. The number of ether oxygens (including phenoxy) is 1. The molecule has 154 valence electrons. The average molecular weight is 436 g/mol. The summed E-state index contributed by atoms with van der Waals surface area (Å²) in [5.74, 6) is 0.00115. The van der Waals surface area contributed by atoms with Crippen molar-refractivity contribution in [1.82, 2.24) is 9.97 Å². The number of aromatic nitrogens is 2. The third-order valence-corrected chi connectivity index (χ3v) is 5.51. The fourth-order valence-electron chi connectivity index (χ4n) is 2.66. The van der Waals surface area contributed by atoms with Crippen LogP contribution in [0.5, 0.6) is 11.5 Å². The molecule has 1 N–H and O–H groups in total. The van der Waals surface area contributed by atoms with Crippen LogP contribution in [0.2, 0.25) is 0 Å². The van der Waals surface area contributed by atoms with Gasteiger partial charge in [-0.15, -0.1) is 0 Å². The Kier molecular flexibility index (Phi) is 5.34. The molecule has 0 radical (unpaired) electrons. The van der Waals surface area contributed by atoms with E-state index in [0.717, 1.165) is 17.8 Å². The quantitative estimate of drug-likeness (QED) is 0.478. The number of hydrogen-bond donors (Lipinski definition) is 1. The highest BCUT2D eigenvalue weighted by molar-refractivity contribution is 7.92. The number of nitrogens with zero attached hydrogens (tertiary/aromatic N) is 3. The Labute approximate surface area is 176 Å². The van der Waals surface area contributed by atoms with Crippen LogP contribution in [0.25, 0.3) is 11.3 Å². The molecule has 8 nitrogen and oxygen atoms in total. The van der Waals surface area contributed by atoms with Gasteiger partial charge in [0, 0.05) is 5.56 Å². The maximum Gasteiger partial charge on any atom is 0.263 e. The van der Waals surface area contributed by atoms with E-state index >= 15 is 0 Å². The Morgan fingerprint density at radius 1 is 1.06 bits per heavy atom. The van der Waals surface area contributed by atoms with E-state index in [4.69, 9.17) is 9.15 Å². The van der Waals surface area contributed by atoms with Crippen LogP contribution >= 0.6 is 0 Å². The number of anilines is 1. The Bertz CT molecular complexity index is 1350. The lowest BCUT2D eigenvalue weighted by Crippen LogP contribution is -2.14. The number of pyridine rings is 1. The van der Waals surface area contributed by atoms with Crippen molar-refractivity contribution in [1.29, 1.82) is 5.26 Å². The SMILES string of the molecule is N#Cc1cc(S(=O)(=O)Nc2ccc(F)cn2)ccc1Oc1ccc(-c2cocn2)cc1. The largest absolute Gasteiger partial charge is 0.456 e. The fraction of sp³-hybridized carbons (Fsp3) is 0. The number of nitrogens with one attached hydrogen (secondary N) is 1. The van der Waals surface area contributed by atoms with E-state index in [2.05, 4.69) is 14.7 Å². The van der Waals surface area contributed by atoms with Crippen LogP contribution in [-0.2, 0) is 10.0 Å². The number of nitriles is 1. The molecule has 0 spiro atoms. The molecule has 2 aromatic carbocycles. The molecule has 0 fully saturated rings. The summed E-state index contributed by atoms with van der Waals surface area (Å²) in [5, 5.41) is 9.46. The van der Waals surface area contributed by atoms with Crippen LogP contribution in [0, 0.1) is 17.1 Å². The molecule has 0 amide bonds. The predicted molar refractivity (Wildman–Crippen MR) is 108 cm³/mol. The topological polar surface area (TPSA) is 118 Å². The van der Waals surface area contributed by atoms with Crippen LogP contribution in [-0.4, -0.2) is 18.4 Å². The zero-order valence-corrected chi connectivity index (χ0v) is 16.5. The second kappa shape index (κ2) is 8.25. The first-order valence-corrected chi connectivity index (χ1v) is 10.3. The number of sulfonamides is 1. The Morgan fingerprint density at radius 2 is 1.87 bits per heavy atom. The first-order chi connectivity index (χ1) is 14.9. The fourth-order valence-corrected chi connectivity index (χ4v) is 3.70. The summed E-state index contributed by atoms with van der Waals surface area (Å²) in [6.07, 6.45) is 3.73. The molecule has 0 unspecified atom stereocenters. The second-order valence-corrected chi connectivity index (χ2v) is 7.92. The third kappa shape index (κ3) is 4.52. The van der Waals surface area contributed by atoms with E-state index in [1.807, 2.05) is 6.07 Å². The summed E-state index contributed by atoms with van der Waals surface area (Å²) in [6, 6.07) is 15.0. The Morgan fingerprint density at radius 3 is 2.52 bits per heavy atom. The van der Waals surface area contributed by atoms with E-state index in [0.29, 0.717) is 11.4 Å². The van der Waals surface area contributed by atoms with Gasteiger partial charge in [-0.1, -0.05) is 0 Å². The molecule has 31 heavy (non-hydrogen) atoms. The zero-order chi connectivity index (χ0) is 21.8. The van der Waals surface area contributed by atoms with Crippen molar-refractivity contribution in [2.75, 3.05) is 4.72 Å². The Hall–Kier alpha value is -4.23. The van der Waals surface area contributed by atoms with Gasteiger partial charge in [-0.2, -0.15) is 5.26 Å². The van der Waals surface area contributed by atoms with Gasteiger partial charge in [-0.25, -0.2) is 22.8 Å². The zero-order valence-electron chi connectivity index (χ0n) is 15.7. The van der Waals surface area contributed by atoms with Crippen molar-refractivity contribution in [3.8, 4) is 28.8 Å². The summed E-state index contributed by atoms with van der Waals surface area (Å²) in [5.41, 5.74) is 1.51. The molecular formula is C21H13FN4O4S. The molecule has 0 saturated heterocycles. The minimum atomic E-state index is -4.04. The van der Waals surface area contributed by atoms with Crippen LogP contribution < -0.4 is 9.46 Å². The van der Waals surface area contributed by atoms with Crippen molar-refractivity contribution in [2.45, 2.75) is 4.90 Å². The van der Waals surface area contributed by atoms with Gasteiger partial charge in [0.15, 0.2) is 6.39 Å². The minimum absolute atomic E-state index is 0.0236. The van der Waals surface area contributed by atoms with E-state index < -0.39 is 15.8 Å². The van der Waals surface area contributed by atoms with Crippen LogP contribution in [0.4, 0.5) is 10.2 Å². The van der Waals surface area contributed by atoms with E-state index in [1.54, 1.807) is 24.3 Å². The number of rotatable bonds is 6. The van der Waals surface area contributed by atoms with E-state index in [1.165, 1.54) is 36.9 Å². The third-order valence-electron chi connectivity index (χ3n) is 4.16. The van der Waals surface area contributed by atoms with Gasteiger partial charge in [-0.3, -0.25) is 4.72 Å². The first kappa shape index (κ1) is 20.1. The smallest absolute Gasteiger partial charge is 0.263 e. The number of benzene rings is 2. The molecule has 0 atom stereocenters. The molecule has 2 heterocycles. The summed E-state index contributed by atoms with van der Waals surface area (Å²) < 4.78 is 51.0. The van der Waals surface area contributed by atoms with Crippen LogP contribution in [0.3, 0.4) is 0 Å². The van der Waals surface area contributed by atoms with Crippen molar-refractivity contribution >= 4 is 15.8 Å². The molecule has 0 bridgehead atoms. The first-order valence-electron chi connectivity index (χ1n) is 8.79. The van der Waals surface area contributed by atoms with Crippen molar-refractivity contribution in [2.24, 2.45) is 0 Å². The molecule has 0 aliphatic carbocycles. The van der Waals surface area contributed by atoms with Crippen LogP contribution in [0.15, 0.2) is 82.8 Å². The second-order valence-electron chi connectivity index (χ2n) is 6.24. The average Bonchev–Trinajstić information content (AvgIpc) is 3.31. The maximum atomic E-state index is 13.0. The predicted octanol–water partition coefficient (Wildman–Crippen LogP) is 4.34. The highest BCUT2D eigenvalue weighted by Gasteiger charge is 2.18. The standard InChI is InChI=1S/C21H13FN4O4S/c22-16-3-8-21(24-11-16)26-31(27,28)18-6-7-20(15(9-18)10-23)30-17-4-1-14(2-5-17)19-12-29-13-25-19/h1-9,11-13H,(H,24,26). The van der Waals surface area contributed by atoms with Gasteiger partial charge in [0.1, 0.15) is 41.2 Å².